The predicted molar refractivity (Wildman–Crippen MR) is 79.0 cm³/mol. The molecule has 2 rings (SSSR count). The molecule has 0 saturated heterocycles. The molecule has 2 N–H and O–H groups in total. The van der Waals surface area contributed by atoms with E-state index in [-0.39, 0.29) is 11.9 Å². The molecule has 0 radical (unpaired) electrons. The van der Waals surface area contributed by atoms with Crippen LogP contribution in [0.1, 0.15) is 42.4 Å². The first-order chi connectivity index (χ1) is 9.55. The monoisotopic (exact) mass is 275 g/mol. The van der Waals surface area contributed by atoms with Crippen LogP contribution in [-0.4, -0.2) is 9.78 Å². The molecule has 20 heavy (non-hydrogen) atoms. The van der Waals surface area contributed by atoms with Gasteiger partial charge in [0.2, 0.25) is 0 Å². The van der Waals surface area contributed by atoms with Gasteiger partial charge in [0.05, 0.1) is 17.4 Å². The van der Waals surface area contributed by atoms with Crippen molar-refractivity contribution in [2.75, 3.05) is 0 Å². The highest BCUT2D eigenvalue weighted by molar-refractivity contribution is 5.29. The number of nitrogens with two attached hydrogens (primary N) is 1. The zero-order chi connectivity index (χ0) is 14.7. The molecule has 1 aromatic carbocycles. The van der Waals surface area contributed by atoms with Crippen LogP contribution in [0.15, 0.2) is 24.3 Å². The van der Waals surface area contributed by atoms with E-state index < -0.39 is 0 Å². The van der Waals surface area contributed by atoms with Crippen molar-refractivity contribution < 1.29 is 4.39 Å². The maximum Gasteiger partial charge on any atom is 0.123 e. The van der Waals surface area contributed by atoms with E-state index in [2.05, 4.69) is 25.0 Å². The maximum absolute atomic E-state index is 13.1. The lowest BCUT2D eigenvalue weighted by Gasteiger charge is -2.15. The quantitative estimate of drug-likeness (QED) is 0.911. The Morgan fingerprint density at radius 3 is 2.65 bits per heavy atom. The zero-order valence-electron chi connectivity index (χ0n) is 12.4. The van der Waals surface area contributed by atoms with Crippen LogP contribution in [-0.2, 0) is 19.4 Å². The fourth-order valence-electron chi connectivity index (χ4n) is 2.44. The SMILES string of the molecule is CCc1cc(C(N)Cc2ccc(F)cc2C)n(CC)n1. The molecule has 0 saturated carbocycles. The van der Waals surface area contributed by atoms with Crippen LogP contribution >= 0.6 is 0 Å². The van der Waals surface area contributed by atoms with Gasteiger partial charge in [0, 0.05) is 6.54 Å². The topological polar surface area (TPSA) is 43.8 Å². The molecular formula is C16H22FN3. The van der Waals surface area contributed by atoms with Gasteiger partial charge in [-0.05, 0) is 56.0 Å². The van der Waals surface area contributed by atoms with Crippen molar-refractivity contribution in [2.45, 2.75) is 46.2 Å². The van der Waals surface area contributed by atoms with E-state index in [4.69, 9.17) is 5.73 Å². The van der Waals surface area contributed by atoms with Gasteiger partial charge in [-0.15, -0.1) is 0 Å². The Morgan fingerprint density at radius 1 is 1.30 bits per heavy atom. The smallest absolute Gasteiger partial charge is 0.123 e. The second-order valence-corrected chi connectivity index (χ2v) is 5.11. The fraction of sp³-hybridized carbons (Fsp3) is 0.438. The number of hydrogen-bond acceptors (Lipinski definition) is 2. The van der Waals surface area contributed by atoms with Crippen molar-refractivity contribution in [3.63, 3.8) is 0 Å². The molecule has 2 aromatic rings. The Hall–Kier alpha value is -1.68. The Morgan fingerprint density at radius 2 is 2.05 bits per heavy atom. The minimum atomic E-state index is -0.202. The summed E-state index contributed by atoms with van der Waals surface area (Å²) >= 11 is 0. The van der Waals surface area contributed by atoms with Crippen LogP contribution in [0.5, 0.6) is 0 Å². The Labute approximate surface area is 119 Å². The molecule has 0 spiro atoms. The predicted octanol–water partition coefficient (Wildman–Crippen LogP) is 3.16. The number of rotatable bonds is 5. The van der Waals surface area contributed by atoms with Gasteiger partial charge in [0.15, 0.2) is 0 Å². The summed E-state index contributed by atoms with van der Waals surface area (Å²) in [6.45, 7) is 6.87. The van der Waals surface area contributed by atoms with E-state index in [1.807, 2.05) is 17.7 Å². The average molecular weight is 275 g/mol. The molecule has 1 unspecified atom stereocenters. The van der Waals surface area contributed by atoms with Crippen LogP contribution in [0, 0.1) is 12.7 Å². The minimum absolute atomic E-state index is 0.119. The number of halogens is 1. The summed E-state index contributed by atoms with van der Waals surface area (Å²) in [4.78, 5) is 0. The van der Waals surface area contributed by atoms with Gasteiger partial charge in [-0.25, -0.2) is 4.39 Å². The first kappa shape index (κ1) is 14.7. The first-order valence-corrected chi connectivity index (χ1v) is 7.12. The van der Waals surface area contributed by atoms with Crippen LogP contribution in [0.3, 0.4) is 0 Å². The first-order valence-electron chi connectivity index (χ1n) is 7.12. The zero-order valence-corrected chi connectivity index (χ0v) is 12.4. The summed E-state index contributed by atoms with van der Waals surface area (Å²) in [5.41, 5.74) is 10.5. The van der Waals surface area contributed by atoms with Gasteiger partial charge in [0.25, 0.3) is 0 Å². The molecule has 1 heterocycles. The fourth-order valence-corrected chi connectivity index (χ4v) is 2.44. The Balaban J connectivity index is 2.23. The molecule has 0 fully saturated rings. The van der Waals surface area contributed by atoms with Crippen molar-refractivity contribution in [1.29, 1.82) is 0 Å². The number of hydrogen-bond donors (Lipinski definition) is 1. The average Bonchev–Trinajstić information content (AvgIpc) is 2.85. The number of aryl methyl sites for hydroxylation is 3. The minimum Gasteiger partial charge on any atom is -0.322 e. The number of nitrogens with zero attached hydrogens (tertiary/aromatic N) is 2. The molecule has 0 aliphatic carbocycles. The second-order valence-electron chi connectivity index (χ2n) is 5.11. The number of aromatic nitrogens is 2. The van der Waals surface area contributed by atoms with Crippen LogP contribution < -0.4 is 5.73 Å². The van der Waals surface area contributed by atoms with E-state index in [1.54, 1.807) is 6.07 Å². The highest BCUT2D eigenvalue weighted by Gasteiger charge is 2.15. The van der Waals surface area contributed by atoms with Gasteiger partial charge < -0.3 is 5.73 Å². The largest absolute Gasteiger partial charge is 0.322 e. The van der Waals surface area contributed by atoms with Gasteiger partial charge in [-0.1, -0.05) is 13.0 Å². The highest BCUT2D eigenvalue weighted by Crippen LogP contribution is 2.20. The van der Waals surface area contributed by atoms with Crippen LogP contribution in [0.25, 0.3) is 0 Å². The molecule has 0 bridgehead atoms. The highest BCUT2D eigenvalue weighted by atomic mass is 19.1. The normalized spacial score (nSPS) is 12.7. The molecule has 108 valence electrons. The lowest BCUT2D eigenvalue weighted by Crippen LogP contribution is -2.18. The van der Waals surface area contributed by atoms with E-state index in [0.717, 1.165) is 35.5 Å². The van der Waals surface area contributed by atoms with Crippen LogP contribution in [0.4, 0.5) is 4.39 Å². The summed E-state index contributed by atoms with van der Waals surface area (Å²) in [5, 5.41) is 4.52. The van der Waals surface area contributed by atoms with E-state index in [9.17, 15) is 4.39 Å². The Kier molecular flexibility index (Phi) is 4.55. The van der Waals surface area contributed by atoms with E-state index >= 15 is 0 Å². The lowest BCUT2D eigenvalue weighted by molar-refractivity contribution is 0.563. The van der Waals surface area contributed by atoms with Crippen molar-refractivity contribution in [3.05, 3.63) is 52.6 Å². The second kappa shape index (κ2) is 6.18. The molecule has 0 aliphatic rings. The van der Waals surface area contributed by atoms with E-state index in [1.165, 1.54) is 6.07 Å². The third-order valence-electron chi connectivity index (χ3n) is 3.65. The third kappa shape index (κ3) is 3.07. The number of benzene rings is 1. The maximum atomic E-state index is 13.1. The molecule has 1 aromatic heterocycles. The lowest BCUT2D eigenvalue weighted by atomic mass is 9.99. The van der Waals surface area contributed by atoms with Crippen molar-refractivity contribution in [1.82, 2.24) is 9.78 Å². The van der Waals surface area contributed by atoms with Gasteiger partial charge >= 0.3 is 0 Å². The molecule has 4 heteroatoms. The molecular weight excluding hydrogens is 253 g/mol. The van der Waals surface area contributed by atoms with Crippen molar-refractivity contribution in [2.24, 2.45) is 5.73 Å². The Bertz CT molecular complexity index is 589. The summed E-state index contributed by atoms with van der Waals surface area (Å²) in [6.07, 6.45) is 1.60. The van der Waals surface area contributed by atoms with Gasteiger partial charge in [-0.2, -0.15) is 5.10 Å². The van der Waals surface area contributed by atoms with Crippen molar-refractivity contribution in [3.8, 4) is 0 Å². The van der Waals surface area contributed by atoms with Gasteiger partial charge in [0.1, 0.15) is 5.82 Å². The third-order valence-corrected chi connectivity index (χ3v) is 3.65. The van der Waals surface area contributed by atoms with Crippen LogP contribution in [0.2, 0.25) is 0 Å². The molecule has 0 aliphatic heterocycles. The molecule has 0 amide bonds. The van der Waals surface area contributed by atoms with Crippen molar-refractivity contribution >= 4 is 0 Å². The summed E-state index contributed by atoms with van der Waals surface area (Å²) in [7, 11) is 0. The standard InChI is InChI=1S/C16H22FN3/c1-4-14-10-16(20(5-2)19-14)15(18)9-12-6-7-13(17)8-11(12)3/h6-8,10,15H,4-5,9,18H2,1-3H3. The molecule has 3 nitrogen and oxygen atoms in total. The van der Waals surface area contributed by atoms with Gasteiger partial charge in [-0.3, -0.25) is 4.68 Å². The summed E-state index contributed by atoms with van der Waals surface area (Å²) in [5.74, 6) is -0.202. The molecule has 1 atom stereocenters. The summed E-state index contributed by atoms with van der Waals surface area (Å²) in [6, 6.07) is 6.82. The summed E-state index contributed by atoms with van der Waals surface area (Å²) < 4.78 is 15.1. The van der Waals surface area contributed by atoms with E-state index in [0.29, 0.717) is 6.42 Å².